The van der Waals surface area contributed by atoms with E-state index in [9.17, 15) is 4.79 Å². The second-order valence-electron chi connectivity index (χ2n) is 4.67. The van der Waals surface area contributed by atoms with Gasteiger partial charge in [0.15, 0.2) is 0 Å². The van der Waals surface area contributed by atoms with E-state index in [1.165, 1.54) is 0 Å². The molecule has 1 saturated heterocycles. The van der Waals surface area contributed by atoms with Crippen molar-refractivity contribution in [1.29, 1.82) is 5.26 Å². The quantitative estimate of drug-likeness (QED) is 0.823. The maximum Gasteiger partial charge on any atom is 0.134 e. The standard InChI is InChI=1S/C14H15ClN2O/c1-10(18)12-3-2-6-17(9-12)14-5-4-11(8-16)7-13(14)15/h4-5,7,12H,2-3,6,9H2,1H3. The van der Waals surface area contributed by atoms with Gasteiger partial charge >= 0.3 is 0 Å². The number of hydrogen-bond acceptors (Lipinski definition) is 3. The topological polar surface area (TPSA) is 44.1 Å². The monoisotopic (exact) mass is 262 g/mol. The van der Waals surface area contributed by atoms with Gasteiger partial charge in [0.05, 0.1) is 22.3 Å². The zero-order valence-electron chi connectivity index (χ0n) is 10.3. The number of nitriles is 1. The van der Waals surface area contributed by atoms with Gasteiger partial charge in [0, 0.05) is 19.0 Å². The number of carbonyl (C=O) groups excluding carboxylic acids is 1. The smallest absolute Gasteiger partial charge is 0.134 e. The van der Waals surface area contributed by atoms with Crippen molar-refractivity contribution in [3.8, 4) is 6.07 Å². The summed E-state index contributed by atoms with van der Waals surface area (Å²) in [6.45, 7) is 3.28. The van der Waals surface area contributed by atoms with Crippen LogP contribution in [0.2, 0.25) is 5.02 Å². The first kappa shape index (κ1) is 12.9. The van der Waals surface area contributed by atoms with E-state index in [2.05, 4.69) is 11.0 Å². The van der Waals surface area contributed by atoms with Gasteiger partial charge in [-0.2, -0.15) is 5.26 Å². The van der Waals surface area contributed by atoms with Gasteiger partial charge in [-0.05, 0) is 38.0 Å². The number of nitrogens with zero attached hydrogens (tertiary/aromatic N) is 2. The fraction of sp³-hybridized carbons (Fsp3) is 0.429. The van der Waals surface area contributed by atoms with Gasteiger partial charge in [-0.15, -0.1) is 0 Å². The molecule has 1 aromatic rings. The van der Waals surface area contributed by atoms with Crippen LogP contribution in [0, 0.1) is 17.2 Å². The van der Waals surface area contributed by atoms with Crippen LogP contribution in [0.5, 0.6) is 0 Å². The second-order valence-corrected chi connectivity index (χ2v) is 5.08. The van der Waals surface area contributed by atoms with Gasteiger partial charge in [0.2, 0.25) is 0 Å². The molecule has 0 spiro atoms. The number of piperidine rings is 1. The van der Waals surface area contributed by atoms with E-state index in [1.807, 2.05) is 6.07 Å². The molecule has 1 aliphatic heterocycles. The molecule has 0 N–H and O–H groups in total. The predicted octanol–water partition coefficient (Wildman–Crippen LogP) is 3.02. The molecule has 0 aliphatic carbocycles. The predicted molar refractivity (Wildman–Crippen MR) is 71.8 cm³/mol. The molecule has 0 radical (unpaired) electrons. The number of ketones is 1. The molecule has 1 aromatic carbocycles. The zero-order chi connectivity index (χ0) is 13.1. The second kappa shape index (κ2) is 5.41. The molecule has 4 heteroatoms. The highest BCUT2D eigenvalue weighted by atomic mass is 35.5. The van der Waals surface area contributed by atoms with E-state index < -0.39 is 0 Å². The summed E-state index contributed by atoms with van der Waals surface area (Å²) >= 11 is 6.19. The Kier molecular flexibility index (Phi) is 3.88. The van der Waals surface area contributed by atoms with Crippen molar-refractivity contribution < 1.29 is 4.79 Å². The van der Waals surface area contributed by atoms with Gasteiger partial charge in [-0.25, -0.2) is 0 Å². The first-order valence-corrected chi connectivity index (χ1v) is 6.44. The molecule has 3 nitrogen and oxygen atoms in total. The molecule has 1 fully saturated rings. The van der Waals surface area contributed by atoms with E-state index in [0.29, 0.717) is 10.6 Å². The Bertz CT molecular complexity index is 507. The summed E-state index contributed by atoms with van der Waals surface area (Å²) in [5.74, 6) is 0.343. The molecular formula is C14H15ClN2O. The summed E-state index contributed by atoms with van der Waals surface area (Å²) in [5, 5.41) is 9.39. The fourth-order valence-corrected chi connectivity index (χ4v) is 2.66. The maximum atomic E-state index is 11.5. The minimum Gasteiger partial charge on any atom is -0.370 e. The van der Waals surface area contributed by atoms with E-state index in [0.717, 1.165) is 31.6 Å². The fourth-order valence-electron chi connectivity index (χ4n) is 2.36. The minimum absolute atomic E-state index is 0.102. The summed E-state index contributed by atoms with van der Waals surface area (Å²) < 4.78 is 0. The molecule has 2 rings (SSSR count). The molecule has 1 atom stereocenters. The lowest BCUT2D eigenvalue weighted by molar-refractivity contribution is -0.120. The molecule has 0 bridgehead atoms. The van der Waals surface area contributed by atoms with Crippen molar-refractivity contribution in [2.75, 3.05) is 18.0 Å². The highest BCUT2D eigenvalue weighted by molar-refractivity contribution is 6.33. The largest absolute Gasteiger partial charge is 0.370 e. The van der Waals surface area contributed by atoms with Crippen molar-refractivity contribution in [2.45, 2.75) is 19.8 Å². The molecule has 0 amide bonds. The summed E-state index contributed by atoms with van der Waals surface area (Å²) in [5.41, 5.74) is 1.48. The van der Waals surface area contributed by atoms with Gasteiger partial charge in [0.25, 0.3) is 0 Å². The van der Waals surface area contributed by atoms with E-state index >= 15 is 0 Å². The van der Waals surface area contributed by atoms with E-state index in [4.69, 9.17) is 16.9 Å². The molecular weight excluding hydrogens is 248 g/mol. The van der Waals surface area contributed by atoms with Crippen molar-refractivity contribution in [3.05, 3.63) is 28.8 Å². The molecule has 18 heavy (non-hydrogen) atoms. The number of hydrogen-bond donors (Lipinski definition) is 0. The van der Waals surface area contributed by atoms with E-state index in [1.54, 1.807) is 19.1 Å². The Labute approximate surface area is 112 Å². The molecule has 1 unspecified atom stereocenters. The van der Waals surface area contributed by atoms with Crippen LogP contribution >= 0.6 is 11.6 Å². The zero-order valence-corrected chi connectivity index (χ0v) is 11.1. The minimum atomic E-state index is 0.102. The lowest BCUT2D eigenvalue weighted by Crippen LogP contribution is -2.38. The third-order valence-electron chi connectivity index (χ3n) is 3.41. The first-order chi connectivity index (χ1) is 8.61. The highest BCUT2D eigenvalue weighted by Crippen LogP contribution is 2.30. The number of rotatable bonds is 2. The van der Waals surface area contributed by atoms with Crippen LogP contribution in [0.25, 0.3) is 0 Å². The van der Waals surface area contributed by atoms with Crippen LogP contribution in [0.3, 0.4) is 0 Å². The SMILES string of the molecule is CC(=O)C1CCCN(c2ccc(C#N)cc2Cl)C1. The van der Waals surface area contributed by atoms with Crippen LogP contribution in [-0.4, -0.2) is 18.9 Å². The first-order valence-electron chi connectivity index (χ1n) is 6.07. The average molecular weight is 263 g/mol. The van der Waals surface area contributed by atoms with Crippen LogP contribution in [0.4, 0.5) is 5.69 Å². The lowest BCUT2D eigenvalue weighted by atomic mass is 9.94. The molecule has 1 aliphatic rings. The Morgan fingerprint density at radius 2 is 2.33 bits per heavy atom. The molecule has 94 valence electrons. The lowest BCUT2D eigenvalue weighted by Gasteiger charge is -2.33. The number of anilines is 1. The van der Waals surface area contributed by atoms with Crippen molar-refractivity contribution >= 4 is 23.1 Å². The van der Waals surface area contributed by atoms with Crippen LogP contribution in [0.1, 0.15) is 25.3 Å². The molecule has 0 aromatic heterocycles. The van der Waals surface area contributed by atoms with Gasteiger partial charge < -0.3 is 4.90 Å². The van der Waals surface area contributed by atoms with Gasteiger partial charge in [-0.3, -0.25) is 4.79 Å². The van der Waals surface area contributed by atoms with Crippen LogP contribution in [0.15, 0.2) is 18.2 Å². The number of Topliss-reactive ketones (excluding diaryl/α,β-unsaturated/α-hetero) is 1. The van der Waals surface area contributed by atoms with Crippen molar-refractivity contribution in [3.63, 3.8) is 0 Å². The van der Waals surface area contributed by atoms with Crippen molar-refractivity contribution in [2.24, 2.45) is 5.92 Å². The summed E-state index contributed by atoms with van der Waals surface area (Å²) in [7, 11) is 0. The maximum absolute atomic E-state index is 11.5. The highest BCUT2D eigenvalue weighted by Gasteiger charge is 2.24. The number of carbonyl (C=O) groups is 1. The van der Waals surface area contributed by atoms with Crippen LogP contribution in [-0.2, 0) is 4.79 Å². The van der Waals surface area contributed by atoms with Crippen LogP contribution < -0.4 is 4.90 Å². The van der Waals surface area contributed by atoms with Crippen molar-refractivity contribution in [1.82, 2.24) is 0 Å². The van der Waals surface area contributed by atoms with Gasteiger partial charge in [-0.1, -0.05) is 11.6 Å². The molecule has 1 heterocycles. The summed E-state index contributed by atoms with van der Waals surface area (Å²) in [6.07, 6.45) is 1.96. The molecule has 0 saturated carbocycles. The van der Waals surface area contributed by atoms with E-state index in [-0.39, 0.29) is 11.7 Å². The Balaban J connectivity index is 2.21. The Morgan fingerprint density at radius 3 is 2.94 bits per heavy atom. The number of benzene rings is 1. The van der Waals surface area contributed by atoms with Gasteiger partial charge in [0.1, 0.15) is 5.78 Å². The summed E-state index contributed by atoms with van der Waals surface area (Å²) in [4.78, 5) is 13.6. The third kappa shape index (κ3) is 2.65. The Morgan fingerprint density at radius 1 is 1.56 bits per heavy atom. The summed E-state index contributed by atoms with van der Waals surface area (Å²) in [6, 6.07) is 7.37. The normalized spacial score (nSPS) is 19.4. The number of halogens is 1. The Hall–Kier alpha value is -1.53. The average Bonchev–Trinajstić information content (AvgIpc) is 2.38. The third-order valence-corrected chi connectivity index (χ3v) is 3.72.